The highest BCUT2D eigenvalue weighted by Gasteiger charge is 2.15. The molecule has 0 saturated carbocycles. The van der Waals surface area contributed by atoms with Crippen LogP contribution in [0, 0.1) is 11.6 Å². The minimum absolute atomic E-state index is 0.0295. The van der Waals surface area contributed by atoms with Crippen molar-refractivity contribution in [1.82, 2.24) is 5.32 Å². The summed E-state index contributed by atoms with van der Waals surface area (Å²) in [5, 5.41) is 2.54. The van der Waals surface area contributed by atoms with Crippen LogP contribution in [-0.4, -0.2) is 18.5 Å². The fourth-order valence-corrected chi connectivity index (χ4v) is 1.69. The van der Waals surface area contributed by atoms with E-state index in [2.05, 4.69) is 5.32 Å². The molecule has 0 saturated heterocycles. The van der Waals surface area contributed by atoms with Gasteiger partial charge >= 0.3 is 5.97 Å². The number of hydrogen-bond acceptors (Lipinski definition) is 3. The van der Waals surface area contributed by atoms with Gasteiger partial charge in [-0.1, -0.05) is 6.07 Å². The van der Waals surface area contributed by atoms with Crippen molar-refractivity contribution < 1.29 is 23.1 Å². The summed E-state index contributed by atoms with van der Waals surface area (Å²) in [6.45, 7) is 3.52. The number of halogens is 2. The lowest BCUT2D eigenvalue weighted by molar-refractivity contribution is -0.144. The van der Waals surface area contributed by atoms with Crippen LogP contribution in [0.25, 0.3) is 0 Å². The third-order valence-corrected chi connectivity index (χ3v) is 2.67. The van der Waals surface area contributed by atoms with E-state index in [1.54, 1.807) is 13.8 Å². The average Bonchev–Trinajstić information content (AvgIpc) is 2.36. The van der Waals surface area contributed by atoms with E-state index >= 15 is 0 Å². The first kappa shape index (κ1) is 16.1. The molecule has 0 spiro atoms. The molecule has 1 aromatic rings. The van der Waals surface area contributed by atoms with Crippen molar-refractivity contribution in [3.05, 3.63) is 35.4 Å². The molecule has 1 atom stereocenters. The summed E-state index contributed by atoms with van der Waals surface area (Å²) in [7, 11) is 0. The van der Waals surface area contributed by atoms with Crippen LogP contribution >= 0.6 is 0 Å². The molecule has 1 amide bonds. The second-order valence-corrected chi connectivity index (χ2v) is 4.26. The highest BCUT2D eigenvalue weighted by molar-refractivity contribution is 5.81. The number of nitrogens with one attached hydrogen (secondary N) is 1. The maximum absolute atomic E-state index is 13.5. The lowest BCUT2D eigenvalue weighted by atomic mass is 10.1. The highest BCUT2D eigenvalue weighted by atomic mass is 19.1. The third kappa shape index (κ3) is 4.95. The number of carbonyl (C=O) groups excluding carboxylic acids is 2. The van der Waals surface area contributed by atoms with Gasteiger partial charge in [-0.2, -0.15) is 0 Å². The summed E-state index contributed by atoms with van der Waals surface area (Å²) in [5.41, 5.74) is 0.191. The Kier molecular flexibility index (Phi) is 6.09. The smallest absolute Gasteiger partial charge is 0.306 e. The zero-order valence-corrected chi connectivity index (χ0v) is 11.4. The maximum atomic E-state index is 13.5. The number of amides is 1. The van der Waals surface area contributed by atoms with E-state index in [0.717, 1.165) is 12.1 Å². The summed E-state index contributed by atoms with van der Waals surface area (Å²) in [4.78, 5) is 22.7. The van der Waals surface area contributed by atoms with Crippen LogP contribution in [-0.2, 0) is 14.3 Å². The molecular weight excluding hydrogens is 268 g/mol. The molecule has 20 heavy (non-hydrogen) atoms. The largest absolute Gasteiger partial charge is 0.466 e. The SMILES string of the molecule is CCOC(=O)CCC(=O)NC(C)c1ccc(F)cc1F. The van der Waals surface area contributed by atoms with Gasteiger partial charge in [0.1, 0.15) is 11.6 Å². The van der Waals surface area contributed by atoms with Gasteiger partial charge in [0.2, 0.25) is 5.91 Å². The molecule has 0 aliphatic rings. The van der Waals surface area contributed by atoms with Crippen LogP contribution in [0.5, 0.6) is 0 Å². The van der Waals surface area contributed by atoms with E-state index in [4.69, 9.17) is 4.74 Å². The highest BCUT2D eigenvalue weighted by Crippen LogP contribution is 2.17. The predicted molar refractivity (Wildman–Crippen MR) is 68.8 cm³/mol. The summed E-state index contributed by atoms with van der Waals surface area (Å²) >= 11 is 0. The molecule has 0 aliphatic carbocycles. The molecule has 1 aromatic carbocycles. The van der Waals surface area contributed by atoms with Crippen LogP contribution in [0.4, 0.5) is 8.78 Å². The predicted octanol–water partition coefficient (Wildman–Crippen LogP) is 2.49. The fraction of sp³-hybridized carbons (Fsp3) is 0.429. The zero-order chi connectivity index (χ0) is 15.1. The number of benzene rings is 1. The van der Waals surface area contributed by atoms with E-state index in [9.17, 15) is 18.4 Å². The minimum atomic E-state index is -0.719. The fourth-order valence-electron chi connectivity index (χ4n) is 1.69. The van der Waals surface area contributed by atoms with Crippen molar-refractivity contribution in [3.8, 4) is 0 Å². The van der Waals surface area contributed by atoms with Crippen LogP contribution in [0.2, 0.25) is 0 Å². The molecule has 1 unspecified atom stereocenters. The molecule has 0 bridgehead atoms. The van der Waals surface area contributed by atoms with Gasteiger partial charge in [-0.25, -0.2) is 8.78 Å². The van der Waals surface area contributed by atoms with Crippen LogP contribution in [0.15, 0.2) is 18.2 Å². The normalized spacial score (nSPS) is 11.8. The maximum Gasteiger partial charge on any atom is 0.306 e. The topological polar surface area (TPSA) is 55.4 Å². The van der Waals surface area contributed by atoms with Crippen molar-refractivity contribution >= 4 is 11.9 Å². The lowest BCUT2D eigenvalue weighted by Crippen LogP contribution is -2.27. The molecule has 4 nitrogen and oxygen atoms in total. The summed E-state index contributed by atoms with van der Waals surface area (Å²) in [6, 6.07) is 2.56. The number of esters is 1. The molecule has 0 radical (unpaired) electrons. The first-order chi connectivity index (χ1) is 9.43. The van der Waals surface area contributed by atoms with E-state index in [0.29, 0.717) is 0 Å². The average molecular weight is 285 g/mol. The van der Waals surface area contributed by atoms with E-state index < -0.39 is 29.6 Å². The Morgan fingerprint density at radius 3 is 2.60 bits per heavy atom. The van der Waals surface area contributed by atoms with Crippen molar-refractivity contribution in [3.63, 3.8) is 0 Å². The standard InChI is InChI=1S/C14H17F2NO3/c1-3-20-14(19)7-6-13(18)17-9(2)11-5-4-10(15)8-12(11)16/h4-5,8-9H,3,6-7H2,1-2H3,(H,17,18). The van der Waals surface area contributed by atoms with Crippen molar-refractivity contribution in [2.45, 2.75) is 32.7 Å². The molecule has 6 heteroatoms. The van der Waals surface area contributed by atoms with Crippen LogP contribution in [0.3, 0.4) is 0 Å². The monoisotopic (exact) mass is 285 g/mol. The van der Waals surface area contributed by atoms with Gasteiger partial charge in [0.15, 0.2) is 0 Å². The van der Waals surface area contributed by atoms with Gasteiger partial charge in [-0.3, -0.25) is 9.59 Å². The first-order valence-corrected chi connectivity index (χ1v) is 6.34. The van der Waals surface area contributed by atoms with E-state index in [1.807, 2.05) is 0 Å². The Bertz CT molecular complexity index is 491. The molecule has 0 aliphatic heterocycles. The molecule has 1 rings (SSSR count). The summed E-state index contributed by atoms with van der Waals surface area (Å²) < 4.78 is 31.0. The van der Waals surface area contributed by atoms with Gasteiger partial charge in [0.25, 0.3) is 0 Å². The van der Waals surface area contributed by atoms with Gasteiger partial charge in [-0.05, 0) is 19.9 Å². The van der Waals surface area contributed by atoms with Crippen molar-refractivity contribution in [2.24, 2.45) is 0 Å². The van der Waals surface area contributed by atoms with E-state index in [1.165, 1.54) is 6.07 Å². The molecule has 0 aromatic heterocycles. The van der Waals surface area contributed by atoms with Crippen LogP contribution in [0.1, 0.15) is 38.3 Å². The van der Waals surface area contributed by atoms with Crippen molar-refractivity contribution in [2.75, 3.05) is 6.61 Å². The first-order valence-electron chi connectivity index (χ1n) is 6.34. The Hall–Kier alpha value is -1.98. The Morgan fingerprint density at radius 1 is 1.30 bits per heavy atom. The Morgan fingerprint density at radius 2 is 2.00 bits per heavy atom. The van der Waals surface area contributed by atoms with Gasteiger partial charge in [-0.15, -0.1) is 0 Å². The Labute approximate surface area is 116 Å². The van der Waals surface area contributed by atoms with Gasteiger partial charge in [0.05, 0.1) is 19.1 Å². The molecule has 0 fully saturated rings. The molecular formula is C14H17F2NO3. The Balaban J connectivity index is 2.51. The molecule has 1 N–H and O–H groups in total. The quantitative estimate of drug-likeness (QED) is 0.817. The van der Waals surface area contributed by atoms with Crippen molar-refractivity contribution in [1.29, 1.82) is 0 Å². The number of rotatable bonds is 6. The molecule has 110 valence electrons. The minimum Gasteiger partial charge on any atom is -0.466 e. The van der Waals surface area contributed by atoms with Gasteiger partial charge < -0.3 is 10.1 Å². The number of ether oxygens (including phenoxy) is 1. The summed E-state index contributed by atoms with van der Waals surface area (Å²) in [5.74, 6) is -2.24. The third-order valence-electron chi connectivity index (χ3n) is 2.67. The second kappa shape index (κ2) is 7.57. The van der Waals surface area contributed by atoms with E-state index in [-0.39, 0.29) is 25.0 Å². The van der Waals surface area contributed by atoms with Crippen LogP contribution < -0.4 is 5.32 Å². The summed E-state index contributed by atoms with van der Waals surface area (Å²) in [6.07, 6.45) is -0.0652. The van der Waals surface area contributed by atoms with Gasteiger partial charge in [0, 0.05) is 18.1 Å². The number of carbonyl (C=O) groups is 2. The lowest BCUT2D eigenvalue weighted by Gasteiger charge is -2.15. The zero-order valence-electron chi connectivity index (χ0n) is 11.4. The molecule has 0 heterocycles. The second-order valence-electron chi connectivity index (χ2n) is 4.26. The number of hydrogen-bond donors (Lipinski definition) is 1.